The molecule has 7 nitrogen and oxygen atoms in total. The molecule has 3 aromatic rings. The molecular weight excluding hydrogens is 376 g/mol. The Labute approximate surface area is 166 Å². The van der Waals surface area contributed by atoms with Crippen molar-refractivity contribution in [3.63, 3.8) is 0 Å². The van der Waals surface area contributed by atoms with E-state index >= 15 is 0 Å². The number of primary amides is 1. The zero-order valence-corrected chi connectivity index (χ0v) is 16.1. The first-order chi connectivity index (χ1) is 13.4. The molecule has 0 fully saturated rings. The van der Waals surface area contributed by atoms with Crippen LogP contribution in [0, 0.1) is 0 Å². The van der Waals surface area contributed by atoms with Crippen molar-refractivity contribution in [1.29, 1.82) is 0 Å². The number of anilines is 1. The van der Waals surface area contributed by atoms with Crippen molar-refractivity contribution >= 4 is 45.0 Å². The van der Waals surface area contributed by atoms with Crippen molar-refractivity contribution in [3.05, 3.63) is 59.1 Å². The van der Waals surface area contributed by atoms with Crippen LogP contribution in [0.2, 0.25) is 0 Å². The molecule has 144 valence electrons. The van der Waals surface area contributed by atoms with Crippen LogP contribution in [0.3, 0.4) is 0 Å². The van der Waals surface area contributed by atoms with Gasteiger partial charge < -0.3 is 16.4 Å². The highest BCUT2D eigenvalue weighted by Crippen LogP contribution is 2.19. The number of fused-ring (bicyclic) bond motifs is 1. The molecule has 0 saturated carbocycles. The number of rotatable bonds is 7. The number of hydrogen-bond acceptors (Lipinski definition) is 5. The van der Waals surface area contributed by atoms with Crippen LogP contribution in [-0.4, -0.2) is 28.7 Å². The molecule has 0 radical (unpaired) electrons. The van der Waals surface area contributed by atoms with Crippen LogP contribution in [0.5, 0.6) is 0 Å². The number of carbonyl (C=O) groups excluding carboxylic acids is 3. The van der Waals surface area contributed by atoms with Crippen molar-refractivity contribution in [1.82, 2.24) is 10.3 Å². The minimum atomic E-state index is -0.731. The van der Waals surface area contributed by atoms with Crippen LogP contribution >= 0.6 is 11.3 Å². The van der Waals surface area contributed by atoms with Crippen LogP contribution in [0.25, 0.3) is 10.8 Å². The lowest BCUT2D eigenvalue weighted by Gasteiger charge is -2.13. The predicted molar refractivity (Wildman–Crippen MR) is 109 cm³/mol. The largest absolute Gasteiger partial charge is 0.369 e. The van der Waals surface area contributed by atoms with Crippen LogP contribution in [0.1, 0.15) is 18.2 Å². The minimum absolute atomic E-state index is 0.0176. The van der Waals surface area contributed by atoms with Gasteiger partial charge in [-0.1, -0.05) is 42.5 Å². The molecule has 1 atom stereocenters. The summed E-state index contributed by atoms with van der Waals surface area (Å²) in [7, 11) is 0. The van der Waals surface area contributed by atoms with Gasteiger partial charge in [-0.2, -0.15) is 0 Å². The Balaban J connectivity index is 1.58. The number of aromatic nitrogens is 1. The van der Waals surface area contributed by atoms with Gasteiger partial charge in [0.15, 0.2) is 5.13 Å². The van der Waals surface area contributed by atoms with E-state index in [1.54, 1.807) is 12.3 Å². The van der Waals surface area contributed by atoms with Crippen molar-refractivity contribution in [2.45, 2.75) is 25.8 Å². The number of hydrogen-bond donors (Lipinski definition) is 3. The van der Waals surface area contributed by atoms with E-state index in [-0.39, 0.29) is 24.7 Å². The first kappa shape index (κ1) is 19.5. The third kappa shape index (κ3) is 4.92. The highest BCUT2D eigenvalue weighted by atomic mass is 32.1. The normalized spacial score (nSPS) is 11.8. The summed E-state index contributed by atoms with van der Waals surface area (Å²) in [6.07, 6.45) is 0.197. The van der Waals surface area contributed by atoms with Crippen LogP contribution in [0.15, 0.2) is 47.8 Å². The summed E-state index contributed by atoms with van der Waals surface area (Å²) in [4.78, 5) is 39.7. The molecule has 3 rings (SSSR count). The monoisotopic (exact) mass is 396 g/mol. The predicted octanol–water partition coefficient (Wildman–Crippen LogP) is 2.01. The van der Waals surface area contributed by atoms with Gasteiger partial charge in [0.1, 0.15) is 6.04 Å². The Morgan fingerprint density at radius 2 is 1.86 bits per heavy atom. The second-order valence-electron chi connectivity index (χ2n) is 6.38. The molecule has 0 spiro atoms. The Hall–Kier alpha value is -3.26. The van der Waals surface area contributed by atoms with Crippen LogP contribution < -0.4 is 16.4 Å². The lowest BCUT2D eigenvalue weighted by atomic mass is 10.0. The third-order valence-electron chi connectivity index (χ3n) is 4.14. The summed E-state index contributed by atoms with van der Waals surface area (Å²) in [6, 6.07) is 12.9. The van der Waals surface area contributed by atoms with Crippen molar-refractivity contribution in [2.75, 3.05) is 5.32 Å². The maximum absolute atomic E-state index is 12.4. The highest BCUT2D eigenvalue weighted by molar-refractivity contribution is 7.13. The molecule has 0 aliphatic rings. The summed E-state index contributed by atoms with van der Waals surface area (Å²) < 4.78 is 0. The summed E-state index contributed by atoms with van der Waals surface area (Å²) in [5.41, 5.74) is 6.53. The van der Waals surface area contributed by atoms with Crippen molar-refractivity contribution in [2.24, 2.45) is 5.73 Å². The number of amides is 3. The van der Waals surface area contributed by atoms with Gasteiger partial charge in [-0.05, 0) is 23.3 Å². The van der Waals surface area contributed by atoms with Gasteiger partial charge in [0, 0.05) is 5.38 Å². The van der Waals surface area contributed by atoms with Crippen LogP contribution in [-0.2, 0) is 27.2 Å². The molecule has 0 unspecified atom stereocenters. The van der Waals surface area contributed by atoms with Gasteiger partial charge >= 0.3 is 0 Å². The lowest BCUT2D eigenvalue weighted by Crippen LogP contribution is -2.42. The van der Waals surface area contributed by atoms with E-state index in [0.717, 1.165) is 16.3 Å². The summed E-state index contributed by atoms with van der Waals surface area (Å²) >= 11 is 1.20. The summed E-state index contributed by atoms with van der Waals surface area (Å²) in [5, 5.41) is 9.43. The van der Waals surface area contributed by atoms with E-state index in [1.165, 1.54) is 11.3 Å². The summed E-state index contributed by atoms with van der Waals surface area (Å²) in [6.45, 7) is 1.61. The third-order valence-corrected chi connectivity index (χ3v) is 4.95. The quantitative estimate of drug-likeness (QED) is 0.567. The fourth-order valence-electron chi connectivity index (χ4n) is 2.82. The van der Waals surface area contributed by atoms with Crippen molar-refractivity contribution in [3.8, 4) is 0 Å². The van der Waals surface area contributed by atoms with Gasteiger partial charge in [-0.15, -0.1) is 11.3 Å². The van der Waals surface area contributed by atoms with Gasteiger partial charge in [0.2, 0.25) is 17.7 Å². The molecule has 28 heavy (non-hydrogen) atoms. The number of benzene rings is 2. The second-order valence-corrected chi connectivity index (χ2v) is 7.24. The van der Waals surface area contributed by atoms with Gasteiger partial charge in [0.25, 0.3) is 0 Å². The Morgan fingerprint density at radius 3 is 2.64 bits per heavy atom. The van der Waals surface area contributed by atoms with E-state index in [9.17, 15) is 14.4 Å². The SMILES string of the molecule is C[C@@H](NC(=O)Cc1cccc2ccccc12)C(=O)Nc1nc(CC(N)=O)cs1. The molecule has 3 amide bonds. The molecule has 0 saturated heterocycles. The fourth-order valence-corrected chi connectivity index (χ4v) is 3.53. The van der Waals surface area contributed by atoms with Crippen molar-refractivity contribution < 1.29 is 14.4 Å². The van der Waals surface area contributed by atoms with E-state index in [0.29, 0.717) is 10.8 Å². The zero-order valence-electron chi connectivity index (χ0n) is 15.3. The standard InChI is InChI=1S/C20H20N4O3S/c1-12(19(27)24-20-23-15(11-28-20)10-17(21)25)22-18(26)9-14-7-4-6-13-5-2-3-8-16(13)14/h2-8,11-12H,9-10H2,1H3,(H2,21,25)(H,22,26)(H,23,24,27)/t12-/m1/s1. The number of nitrogens with one attached hydrogen (secondary N) is 2. The maximum Gasteiger partial charge on any atom is 0.248 e. The molecule has 8 heteroatoms. The molecular formula is C20H20N4O3S. The number of nitrogens with two attached hydrogens (primary N) is 1. The topological polar surface area (TPSA) is 114 Å². The number of carbonyl (C=O) groups is 3. The minimum Gasteiger partial charge on any atom is -0.369 e. The zero-order chi connectivity index (χ0) is 20.1. The van der Waals surface area contributed by atoms with Gasteiger partial charge in [0.05, 0.1) is 18.5 Å². The molecule has 4 N–H and O–H groups in total. The van der Waals surface area contributed by atoms with Gasteiger partial charge in [-0.3, -0.25) is 14.4 Å². The maximum atomic E-state index is 12.4. The number of nitrogens with zero attached hydrogens (tertiary/aromatic N) is 1. The molecule has 0 bridgehead atoms. The average Bonchev–Trinajstić information content (AvgIpc) is 3.08. The molecule has 1 aromatic heterocycles. The first-order valence-corrected chi connectivity index (χ1v) is 9.60. The average molecular weight is 396 g/mol. The fraction of sp³-hybridized carbons (Fsp3) is 0.200. The highest BCUT2D eigenvalue weighted by Gasteiger charge is 2.18. The van der Waals surface area contributed by atoms with E-state index in [4.69, 9.17) is 5.73 Å². The Bertz CT molecular complexity index is 1030. The molecule has 0 aliphatic carbocycles. The van der Waals surface area contributed by atoms with E-state index in [1.807, 2.05) is 42.5 Å². The molecule has 1 heterocycles. The van der Waals surface area contributed by atoms with E-state index < -0.39 is 11.9 Å². The first-order valence-electron chi connectivity index (χ1n) is 8.72. The smallest absolute Gasteiger partial charge is 0.248 e. The second kappa shape index (κ2) is 8.62. The summed E-state index contributed by atoms with van der Waals surface area (Å²) in [5.74, 6) is -1.11. The Kier molecular flexibility index (Phi) is 6.00. The Morgan fingerprint density at radius 1 is 1.11 bits per heavy atom. The van der Waals surface area contributed by atoms with Gasteiger partial charge in [-0.25, -0.2) is 4.98 Å². The van der Waals surface area contributed by atoms with E-state index in [2.05, 4.69) is 15.6 Å². The molecule has 0 aliphatic heterocycles. The number of thiazole rings is 1. The van der Waals surface area contributed by atoms with Crippen LogP contribution in [0.4, 0.5) is 5.13 Å². The lowest BCUT2D eigenvalue weighted by molar-refractivity contribution is -0.125. The molecule has 2 aromatic carbocycles.